The van der Waals surface area contributed by atoms with E-state index in [1.807, 2.05) is 66.7 Å². The lowest BCUT2D eigenvalue weighted by Gasteiger charge is -1.95. The number of benzene rings is 2. The Bertz CT molecular complexity index is 721. The summed E-state index contributed by atoms with van der Waals surface area (Å²) in [6, 6.07) is 23.6. The Hall–Kier alpha value is -2.79. The molecule has 0 saturated heterocycles. The van der Waals surface area contributed by atoms with Gasteiger partial charge < -0.3 is 4.42 Å². The lowest BCUT2D eigenvalue weighted by atomic mass is 10.1. The topological polar surface area (TPSA) is 36.9 Å². The van der Waals surface area contributed by atoms with E-state index in [-0.39, 0.29) is 0 Å². The molecule has 0 radical (unpaired) electrons. The molecule has 1 aromatic heterocycles. The van der Waals surface area contributed by atoms with Crippen LogP contribution in [0.4, 0.5) is 0 Å². The zero-order chi connectivity index (χ0) is 13.1. The summed E-state index contributed by atoms with van der Waals surface area (Å²) in [5.74, 6) is 1.07. The first kappa shape index (κ1) is 11.3. The molecule has 0 bridgehead atoms. The predicted molar refractivity (Wildman–Crippen MR) is 74.3 cm³/mol. The normalized spacial score (nSPS) is 10.1. The molecule has 0 spiro atoms. The van der Waals surface area contributed by atoms with Gasteiger partial charge in [-0.3, -0.25) is 0 Å². The second-order valence-electron chi connectivity index (χ2n) is 4.20. The summed E-state index contributed by atoms with van der Waals surface area (Å²) in [6.07, 6.45) is 0. The van der Waals surface area contributed by atoms with Gasteiger partial charge in [0.25, 0.3) is 0 Å². The van der Waals surface area contributed by atoms with Crippen molar-refractivity contribution >= 4 is 0 Å². The third kappa shape index (κ3) is 2.14. The van der Waals surface area contributed by atoms with Gasteiger partial charge in [-0.05, 0) is 11.6 Å². The molecule has 90 valence electrons. The molecule has 0 aliphatic rings. The van der Waals surface area contributed by atoms with Gasteiger partial charge in [-0.15, -0.1) is 0 Å². The molecule has 0 unspecified atom stereocenters. The molecule has 0 fully saturated rings. The van der Waals surface area contributed by atoms with Crippen molar-refractivity contribution in [2.45, 2.75) is 0 Å². The molecular weight excluding hydrogens is 234 g/mol. The molecule has 0 amide bonds. The molecule has 2 heteroatoms. The van der Waals surface area contributed by atoms with Crippen molar-refractivity contribution in [2.75, 3.05) is 0 Å². The molecule has 0 aliphatic heterocycles. The highest BCUT2D eigenvalue weighted by Gasteiger charge is 2.13. The average molecular weight is 245 g/mol. The highest BCUT2D eigenvalue weighted by Crippen LogP contribution is 2.31. The van der Waals surface area contributed by atoms with Gasteiger partial charge in [0.2, 0.25) is 5.76 Å². The van der Waals surface area contributed by atoms with Crippen LogP contribution in [0.3, 0.4) is 0 Å². The van der Waals surface area contributed by atoms with Crippen molar-refractivity contribution in [1.82, 2.24) is 0 Å². The van der Waals surface area contributed by atoms with E-state index < -0.39 is 0 Å². The van der Waals surface area contributed by atoms with Crippen molar-refractivity contribution < 1.29 is 4.42 Å². The molecule has 0 atom stereocenters. The van der Waals surface area contributed by atoms with Gasteiger partial charge in [-0.2, -0.15) is 5.26 Å². The monoisotopic (exact) mass is 245 g/mol. The fraction of sp³-hybridized carbons (Fsp3) is 0. The highest BCUT2D eigenvalue weighted by molar-refractivity contribution is 5.74. The fourth-order valence-electron chi connectivity index (χ4n) is 2.05. The lowest BCUT2D eigenvalue weighted by Crippen LogP contribution is -1.76. The van der Waals surface area contributed by atoms with Crippen LogP contribution in [0.5, 0.6) is 0 Å². The number of furan rings is 1. The van der Waals surface area contributed by atoms with E-state index >= 15 is 0 Å². The molecule has 0 saturated carbocycles. The number of nitriles is 1. The standard InChI is InChI=1S/C17H11NO/c18-12-17-15(13-7-3-1-4-8-13)11-16(19-17)14-9-5-2-6-10-14/h1-11H. The Morgan fingerprint density at radius 3 is 1.95 bits per heavy atom. The van der Waals surface area contributed by atoms with E-state index in [2.05, 4.69) is 6.07 Å². The number of rotatable bonds is 2. The van der Waals surface area contributed by atoms with E-state index in [4.69, 9.17) is 4.42 Å². The van der Waals surface area contributed by atoms with Crippen LogP contribution in [0.15, 0.2) is 71.1 Å². The first-order valence-corrected chi connectivity index (χ1v) is 6.03. The summed E-state index contributed by atoms with van der Waals surface area (Å²) >= 11 is 0. The van der Waals surface area contributed by atoms with Crippen molar-refractivity contribution in [3.05, 3.63) is 72.5 Å². The van der Waals surface area contributed by atoms with Crippen molar-refractivity contribution in [3.63, 3.8) is 0 Å². The number of nitrogens with zero attached hydrogens (tertiary/aromatic N) is 1. The van der Waals surface area contributed by atoms with Crippen molar-refractivity contribution in [2.24, 2.45) is 0 Å². The molecule has 2 nitrogen and oxygen atoms in total. The minimum atomic E-state index is 0.352. The summed E-state index contributed by atoms with van der Waals surface area (Å²) in [6.45, 7) is 0. The zero-order valence-electron chi connectivity index (χ0n) is 10.2. The van der Waals surface area contributed by atoms with E-state index in [0.717, 1.165) is 22.5 Å². The number of hydrogen-bond donors (Lipinski definition) is 0. The van der Waals surface area contributed by atoms with Crippen LogP contribution < -0.4 is 0 Å². The quantitative estimate of drug-likeness (QED) is 0.667. The van der Waals surface area contributed by atoms with Gasteiger partial charge in [0.1, 0.15) is 11.8 Å². The van der Waals surface area contributed by atoms with Gasteiger partial charge in [0.15, 0.2) is 0 Å². The molecule has 0 N–H and O–H groups in total. The molecule has 1 heterocycles. The van der Waals surface area contributed by atoms with Gasteiger partial charge in [-0.1, -0.05) is 60.7 Å². The van der Waals surface area contributed by atoms with Crippen LogP contribution >= 0.6 is 0 Å². The third-order valence-electron chi connectivity index (χ3n) is 2.98. The minimum Gasteiger partial charge on any atom is -0.445 e. The first-order chi connectivity index (χ1) is 9.38. The minimum absolute atomic E-state index is 0.352. The Morgan fingerprint density at radius 1 is 0.789 bits per heavy atom. The van der Waals surface area contributed by atoms with Crippen molar-refractivity contribution in [1.29, 1.82) is 5.26 Å². The summed E-state index contributed by atoms with van der Waals surface area (Å²) in [5.41, 5.74) is 2.80. The smallest absolute Gasteiger partial charge is 0.211 e. The van der Waals surface area contributed by atoms with E-state index in [9.17, 15) is 5.26 Å². The number of hydrogen-bond acceptors (Lipinski definition) is 2. The third-order valence-corrected chi connectivity index (χ3v) is 2.98. The summed E-state index contributed by atoms with van der Waals surface area (Å²) < 4.78 is 5.64. The van der Waals surface area contributed by atoms with Crippen LogP contribution in [0.1, 0.15) is 5.76 Å². The largest absolute Gasteiger partial charge is 0.445 e. The maximum Gasteiger partial charge on any atom is 0.211 e. The maximum atomic E-state index is 9.20. The van der Waals surface area contributed by atoms with Crippen LogP contribution in [0.25, 0.3) is 22.5 Å². The second kappa shape index (κ2) is 4.83. The summed E-state index contributed by atoms with van der Waals surface area (Å²) in [5, 5.41) is 9.20. The Morgan fingerprint density at radius 2 is 1.37 bits per heavy atom. The van der Waals surface area contributed by atoms with E-state index in [0.29, 0.717) is 5.76 Å². The Balaban J connectivity index is 2.13. The molecule has 2 aromatic carbocycles. The first-order valence-electron chi connectivity index (χ1n) is 6.03. The van der Waals surface area contributed by atoms with E-state index in [1.54, 1.807) is 0 Å². The second-order valence-corrected chi connectivity index (χ2v) is 4.20. The van der Waals surface area contributed by atoms with Crippen LogP contribution in [0.2, 0.25) is 0 Å². The Kier molecular flexibility index (Phi) is 2.88. The molecule has 0 aliphatic carbocycles. The average Bonchev–Trinajstić information content (AvgIpc) is 2.93. The van der Waals surface area contributed by atoms with E-state index in [1.165, 1.54) is 0 Å². The summed E-state index contributed by atoms with van der Waals surface area (Å²) in [4.78, 5) is 0. The van der Waals surface area contributed by atoms with Gasteiger partial charge >= 0.3 is 0 Å². The van der Waals surface area contributed by atoms with Crippen LogP contribution in [-0.4, -0.2) is 0 Å². The van der Waals surface area contributed by atoms with Gasteiger partial charge in [-0.25, -0.2) is 0 Å². The zero-order valence-corrected chi connectivity index (χ0v) is 10.2. The van der Waals surface area contributed by atoms with Crippen LogP contribution in [-0.2, 0) is 0 Å². The molecule has 19 heavy (non-hydrogen) atoms. The molecule has 3 aromatic rings. The molecular formula is C17H11NO. The van der Waals surface area contributed by atoms with Crippen LogP contribution in [0, 0.1) is 11.3 Å². The lowest BCUT2D eigenvalue weighted by molar-refractivity contribution is 0.568. The molecule has 3 rings (SSSR count). The fourth-order valence-corrected chi connectivity index (χ4v) is 2.05. The summed E-state index contributed by atoms with van der Waals surface area (Å²) in [7, 11) is 0. The van der Waals surface area contributed by atoms with Gasteiger partial charge in [0, 0.05) is 11.1 Å². The highest BCUT2D eigenvalue weighted by atomic mass is 16.3. The van der Waals surface area contributed by atoms with Gasteiger partial charge in [0.05, 0.1) is 0 Å². The SMILES string of the molecule is N#Cc1oc(-c2ccccc2)cc1-c1ccccc1. The Labute approximate surface area is 111 Å². The predicted octanol–water partition coefficient (Wildman–Crippen LogP) is 4.49. The maximum absolute atomic E-state index is 9.20. The van der Waals surface area contributed by atoms with Crippen molar-refractivity contribution in [3.8, 4) is 28.5 Å².